The molecule has 29 heavy (non-hydrogen) atoms. The molecule has 3 aromatic heterocycles. The summed E-state index contributed by atoms with van der Waals surface area (Å²) in [4.78, 5) is 23.8. The van der Waals surface area contributed by atoms with Crippen molar-refractivity contribution >= 4 is 35.8 Å². The maximum atomic E-state index is 12.4. The van der Waals surface area contributed by atoms with Crippen LogP contribution in [0.3, 0.4) is 0 Å². The first kappa shape index (κ1) is 20.1. The van der Waals surface area contributed by atoms with Crippen LogP contribution in [0.5, 0.6) is 5.75 Å². The molecule has 0 amide bonds. The number of hydrogen-bond acceptors (Lipinski definition) is 7. The van der Waals surface area contributed by atoms with Crippen molar-refractivity contribution in [2.24, 2.45) is 0 Å². The first-order valence-corrected chi connectivity index (χ1v) is 10.9. The lowest BCUT2D eigenvalue weighted by Crippen LogP contribution is -2.43. The van der Waals surface area contributed by atoms with Crippen molar-refractivity contribution in [1.29, 1.82) is 0 Å². The fraction of sp³-hybridized carbons (Fsp3) is 0.450. The monoisotopic (exact) mass is 411 g/mol. The van der Waals surface area contributed by atoms with Crippen LogP contribution in [0.15, 0.2) is 34.6 Å². The first-order valence-electron chi connectivity index (χ1n) is 10.0. The number of methoxy groups -OCH3 is 1. The number of nitrogens with zero attached hydrogens (tertiary/aromatic N) is 4. The minimum absolute atomic E-state index is 0.00264. The van der Waals surface area contributed by atoms with Gasteiger partial charge in [-0.15, -0.1) is 11.3 Å². The van der Waals surface area contributed by atoms with Gasteiger partial charge in [0, 0.05) is 48.8 Å². The van der Waals surface area contributed by atoms with Crippen molar-refractivity contribution in [3.05, 3.63) is 45.1 Å². The standard InChI is InChI=1S/C20H26BN5O2S/c1-28-15-10-17-16(23-11-15)2-3-20(27)26(17)9-8-25-6-4-14(5-7-25)22-12-19-24-18(21)13-29-19/h2-3,10-11,13-14,22H,4-9,12,21H2,1H3. The van der Waals surface area contributed by atoms with Crippen LogP contribution >= 0.6 is 11.3 Å². The van der Waals surface area contributed by atoms with E-state index in [1.54, 1.807) is 41.3 Å². The smallest absolute Gasteiger partial charge is 0.251 e. The predicted octanol–water partition coefficient (Wildman–Crippen LogP) is 0.374. The van der Waals surface area contributed by atoms with E-state index in [1.807, 2.05) is 13.9 Å². The molecule has 152 valence electrons. The molecule has 1 N–H and O–H groups in total. The zero-order valence-electron chi connectivity index (χ0n) is 16.9. The molecular weight excluding hydrogens is 385 g/mol. The fourth-order valence-electron chi connectivity index (χ4n) is 3.81. The van der Waals surface area contributed by atoms with E-state index < -0.39 is 0 Å². The lowest BCUT2D eigenvalue weighted by Gasteiger charge is -2.32. The van der Waals surface area contributed by atoms with Crippen LogP contribution in [0, 0.1) is 0 Å². The van der Waals surface area contributed by atoms with Crippen LogP contribution in [0.25, 0.3) is 11.0 Å². The highest BCUT2D eigenvalue weighted by Crippen LogP contribution is 2.17. The van der Waals surface area contributed by atoms with Crippen LogP contribution < -0.4 is 21.2 Å². The van der Waals surface area contributed by atoms with E-state index in [2.05, 4.69) is 25.6 Å². The van der Waals surface area contributed by atoms with Crippen LogP contribution in [-0.4, -0.2) is 60.1 Å². The highest BCUT2D eigenvalue weighted by Gasteiger charge is 2.19. The number of aromatic nitrogens is 3. The van der Waals surface area contributed by atoms with Gasteiger partial charge in [0.1, 0.15) is 10.8 Å². The average Bonchev–Trinajstić information content (AvgIpc) is 3.17. The molecule has 1 aliphatic rings. The normalized spacial score (nSPS) is 15.8. The van der Waals surface area contributed by atoms with Crippen LogP contribution in [0.4, 0.5) is 0 Å². The molecule has 0 spiro atoms. The Hall–Kier alpha value is -2.23. The Bertz CT molecular complexity index is 1030. The Balaban J connectivity index is 1.32. The summed E-state index contributed by atoms with van der Waals surface area (Å²) in [6.45, 7) is 4.44. The average molecular weight is 411 g/mol. The third kappa shape index (κ3) is 4.86. The highest BCUT2D eigenvalue weighted by molar-refractivity contribution is 7.10. The second-order valence-corrected chi connectivity index (χ2v) is 8.42. The molecular formula is C20H26BN5O2S. The Morgan fingerprint density at radius 1 is 1.31 bits per heavy atom. The number of rotatable bonds is 7. The zero-order chi connectivity index (χ0) is 20.2. The fourth-order valence-corrected chi connectivity index (χ4v) is 4.53. The molecule has 1 aliphatic heterocycles. The van der Waals surface area contributed by atoms with Crippen LogP contribution in [-0.2, 0) is 13.1 Å². The van der Waals surface area contributed by atoms with E-state index in [9.17, 15) is 4.79 Å². The van der Waals surface area contributed by atoms with Gasteiger partial charge in [0.25, 0.3) is 5.56 Å². The number of pyridine rings is 2. The van der Waals surface area contributed by atoms with Crippen LogP contribution in [0.2, 0.25) is 0 Å². The van der Waals surface area contributed by atoms with Crippen molar-refractivity contribution in [3.63, 3.8) is 0 Å². The molecule has 0 bridgehead atoms. The minimum atomic E-state index is 0.00264. The number of nitrogens with one attached hydrogen (secondary N) is 1. The van der Waals surface area contributed by atoms with Crippen molar-refractivity contribution in [1.82, 2.24) is 24.8 Å². The van der Waals surface area contributed by atoms with E-state index in [-0.39, 0.29) is 5.56 Å². The molecule has 3 aromatic rings. The van der Waals surface area contributed by atoms with Gasteiger partial charge in [0.05, 0.1) is 24.3 Å². The van der Waals surface area contributed by atoms with Gasteiger partial charge in [-0.05, 0) is 32.0 Å². The van der Waals surface area contributed by atoms with Gasteiger partial charge in [-0.25, -0.2) is 0 Å². The van der Waals surface area contributed by atoms with E-state index in [0.717, 1.165) is 60.7 Å². The molecule has 0 aromatic carbocycles. The lowest BCUT2D eigenvalue weighted by atomic mass is 10.1. The van der Waals surface area contributed by atoms with Gasteiger partial charge in [-0.3, -0.25) is 14.8 Å². The Labute approximate surface area is 175 Å². The molecule has 0 aliphatic carbocycles. The number of ether oxygens (including phenoxy) is 1. The van der Waals surface area contributed by atoms with Crippen molar-refractivity contribution in [2.45, 2.75) is 32.0 Å². The van der Waals surface area contributed by atoms with Crippen molar-refractivity contribution in [3.8, 4) is 5.75 Å². The molecule has 0 atom stereocenters. The predicted molar refractivity (Wildman–Crippen MR) is 119 cm³/mol. The third-order valence-electron chi connectivity index (χ3n) is 5.48. The molecule has 0 unspecified atom stereocenters. The van der Waals surface area contributed by atoms with E-state index in [4.69, 9.17) is 4.74 Å². The SMILES string of the molecule is Bc1csc(CNC2CCN(CCn3c(=O)ccc4ncc(OC)cc43)CC2)n1. The number of piperidine rings is 1. The second kappa shape index (κ2) is 9.07. The van der Waals surface area contributed by atoms with Crippen LogP contribution in [0.1, 0.15) is 17.8 Å². The largest absolute Gasteiger partial charge is 0.495 e. The van der Waals surface area contributed by atoms with E-state index >= 15 is 0 Å². The molecule has 0 radical (unpaired) electrons. The van der Waals surface area contributed by atoms with Crippen molar-refractivity contribution in [2.75, 3.05) is 26.7 Å². The van der Waals surface area contributed by atoms with Gasteiger partial charge in [0.2, 0.25) is 0 Å². The quantitative estimate of drug-likeness (QED) is 0.567. The Morgan fingerprint density at radius 3 is 2.86 bits per heavy atom. The van der Waals surface area contributed by atoms with E-state index in [0.29, 0.717) is 18.3 Å². The van der Waals surface area contributed by atoms with Gasteiger partial charge in [-0.1, -0.05) is 0 Å². The number of hydrogen-bond donors (Lipinski definition) is 1. The van der Waals surface area contributed by atoms with E-state index in [1.165, 1.54) is 0 Å². The molecule has 1 fully saturated rings. The zero-order valence-corrected chi connectivity index (χ0v) is 17.7. The van der Waals surface area contributed by atoms with Gasteiger partial charge in [-0.2, -0.15) is 0 Å². The minimum Gasteiger partial charge on any atom is -0.495 e. The van der Waals surface area contributed by atoms with Gasteiger partial charge >= 0.3 is 0 Å². The molecule has 4 heterocycles. The maximum Gasteiger partial charge on any atom is 0.251 e. The third-order valence-corrected chi connectivity index (χ3v) is 6.45. The highest BCUT2D eigenvalue weighted by atomic mass is 32.1. The summed E-state index contributed by atoms with van der Waals surface area (Å²) in [5.41, 5.74) is 2.74. The summed E-state index contributed by atoms with van der Waals surface area (Å²) in [7, 11) is 3.65. The summed E-state index contributed by atoms with van der Waals surface area (Å²) >= 11 is 1.72. The molecule has 7 nitrogen and oxygen atoms in total. The summed E-state index contributed by atoms with van der Waals surface area (Å²) in [5, 5.41) is 6.89. The maximum absolute atomic E-state index is 12.4. The summed E-state index contributed by atoms with van der Waals surface area (Å²) < 4.78 is 7.09. The lowest BCUT2D eigenvalue weighted by molar-refractivity contribution is 0.191. The number of thiazole rings is 1. The van der Waals surface area contributed by atoms with Gasteiger partial charge in [0.15, 0.2) is 7.85 Å². The molecule has 1 saturated heterocycles. The molecule has 9 heteroatoms. The van der Waals surface area contributed by atoms with Crippen molar-refractivity contribution < 1.29 is 4.74 Å². The van der Waals surface area contributed by atoms with Gasteiger partial charge < -0.3 is 19.5 Å². The summed E-state index contributed by atoms with van der Waals surface area (Å²) in [6, 6.07) is 5.79. The number of likely N-dealkylation sites (tertiary alicyclic amines) is 1. The molecule has 0 saturated carbocycles. The number of fused-ring (bicyclic) bond motifs is 1. The topological polar surface area (TPSA) is 72.3 Å². The Kier molecular flexibility index (Phi) is 6.27. The second-order valence-electron chi connectivity index (χ2n) is 7.48. The Morgan fingerprint density at radius 2 is 2.14 bits per heavy atom. The summed E-state index contributed by atoms with van der Waals surface area (Å²) in [5.74, 6) is 0.666. The molecule has 4 rings (SSSR count). The summed E-state index contributed by atoms with van der Waals surface area (Å²) in [6.07, 6.45) is 3.91. The first-order chi connectivity index (χ1) is 14.1.